The highest BCUT2D eigenvalue weighted by atomic mass is 19.4. The van der Waals surface area contributed by atoms with Crippen molar-refractivity contribution in [1.29, 1.82) is 0 Å². The standard InChI is InChI=1S/C8H11F5N2O/c9-5(10)3-15-6(16)7(8(11,12)13)1-2-14-4-7/h5,14H,1-4H2,(H,15,16). The summed E-state index contributed by atoms with van der Waals surface area (Å²) in [6, 6.07) is 0. The molecule has 1 unspecified atom stereocenters. The van der Waals surface area contributed by atoms with Gasteiger partial charge in [-0.05, 0) is 13.0 Å². The largest absolute Gasteiger partial charge is 0.404 e. The quantitative estimate of drug-likeness (QED) is 0.727. The first-order valence-electron chi connectivity index (χ1n) is 4.63. The molecular weight excluding hydrogens is 235 g/mol. The van der Waals surface area contributed by atoms with Gasteiger partial charge >= 0.3 is 6.18 Å². The lowest BCUT2D eigenvalue weighted by Crippen LogP contribution is -2.52. The number of amides is 1. The molecule has 0 saturated carbocycles. The van der Waals surface area contributed by atoms with Gasteiger partial charge in [-0.1, -0.05) is 0 Å². The Balaban J connectivity index is 2.74. The molecule has 0 aromatic heterocycles. The minimum absolute atomic E-state index is 0.0433. The molecule has 0 aromatic rings. The summed E-state index contributed by atoms with van der Waals surface area (Å²) in [6.45, 7) is -1.58. The van der Waals surface area contributed by atoms with Gasteiger partial charge in [-0.3, -0.25) is 4.79 Å². The van der Waals surface area contributed by atoms with E-state index in [0.717, 1.165) is 0 Å². The van der Waals surface area contributed by atoms with Crippen LogP contribution in [0.3, 0.4) is 0 Å². The Morgan fingerprint density at radius 2 is 2.06 bits per heavy atom. The van der Waals surface area contributed by atoms with E-state index in [-0.39, 0.29) is 6.54 Å². The van der Waals surface area contributed by atoms with Crippen LogP contribution >= 0.6 is 0 Å². The van der Waals surface area contributed by atoms with Crippen molar-refractivity contribution in [2.75, 3.05) is 19.6 Å². The molecule has 1 atom stereocenters. The van der Waals surface area contributed by atoms with Crippen LogP contribution < -0.4 is 10.6 Å². The summed E-state index contributed by atoms with van der Waals surface area (Å²) in [6.07, 6.45) is -8.02. The zero-order valence-corrected chi connectivity index (χ0v) is 8.20. The Morgan fingerprint density at radius 3 is 2.44 bits per heavy atom. The van der Waals surface area contributed by atoms with E-state index < -0.39 is 43.4 Å². The molecule has 94 valence electrons. The molecule has 16 heavy (non-hydrogen) atoms. The van der Waals surface area contributed by atoms with Crippen molar-refractivity contribution in [3.05, 3.63) is 0 Å². The summed E-state index contributed by atoms with van der Waals surface area (Å²) in [5.41, 5.74) is -2.57. The molecule has 1 aliphatic heterocycles. The first-order valence-corrected chi connectivity index (χ1v) is 4.63. The van der Waals surface area contributed by atoms with Crippen LogP contribution in [0.2, 0.25) is 0 Å². The molecule has 1 heterocycles. The maximum absolute atomic E-state index is 12.7. The Bertz CT molecular complexity index is 260. The molecule has 0 aliphatic carbocycles. The fourth-order valence-corrected chi connectivity index (χ4v) is 1.60. The summed E-state index contributed by atoms with van der Waals surface area (Å²) in [4.78, 5) is 11.3. The lowest BCUT2D eigenvalue weighted by atomic mass is 9.85. The number of hydrogen-bond donors (Lipinski definition) is 2. The van der Waals surface area contributed by atoms with Crippen LogP contribution in [0.1, 0.15) is 6.42 Å². The molecule has 0 aromatic carbocycles. The van der Waals surface area contributed by atoms with Gasteiger partial charge < -0.3 is 10.6 Å². The van der Waals surface area contributed by atoms with E-state index >= 15 is 0 Å². The zero-order valence-electron chi connectivity index (χ0n) is 8.20. The second-order valence-corrected chi connectivity index (χ2v) is 3.61. The minimum atomic E-state index is -4.73. The van der Waals surface area contributed by atoms with Crippen LogP contribution in [0.4, 0.5) is 22.0 Å². The highest BCUT2D eigenvalue weighted by molar-refractivity contribution is 5.84. The van der Waals surface area contributed by atoms with Crippen molar-refractivity contribution < 1.29 is 26.7 Å². The number of carbonyl (C=O) groups is 1. The van der Waals surface area contributed by atoms with E-state index in [1.54, 1.807) is 5.32 Å². The van der Waals surface area contributed by atoms with Gasteiger partial charge in [-0.2, -0.15) is 13.2 Å². The molecule has 1 saturated heterocycles. The van der Waals surface area contributed by atoms with Gasteiger partial charge in [0.05, 0.1) is 6.54 Å². The van der Waals surface area contributed by atoms with Crippen molar-refractivity contribution in [2.24, 2.45) is 5.41 Å². The Hall–Kier alpha value is -0.920. The molecule has 1 aliphatic rings. The van der Waals surface area contributed by atoms with Crippen LogP contribution in [0, 0.1) is 5.41 Å². The van der Waals surface area contributed by atoms with Crippen LogP contribution in [0.15, 0.2) is 0 Å². The summed E-state index contributed by atoms with van der Waals surface area (Å²) < 4.78 is 61.7. The van der Waals surface area contributed by atoms with E-state index in [4.69, 9.17) is 0 Å². The highest BCUT2D eigenvalue weighted by Gasteiger charge is 2.61. The van der Waals surface area contributed by atoms with Crippen molar-refractivity contribution in [2.45, 2.75) is 19.0 Å². The molecule has 1 amide bonds. The lowest BCUT2D eigenvalue weighted by molar-refractivity contribution is -0.216. The molecule has 0 spiro atoms. The number of carbonyl (C=O) groups excluding carboxylic acids is 1. The molecule has 0 bridgehead atoms. The normalized spacial score (nSPS) is 26.1. The third-order valence-electron chi connectivity index (χ3n) is 2.55. The number of nitrogens with one attached hydrogen (secondary N) is 2. The number of alkyl halides is 5. The average molecular weight is 246 g/mol. The van der Waals surface area contributed by atoms with E-state index in [1.807, 2.05) is 0 Å². The van der Waals surface area contributed by atoms with Gasteiger partial charge in [0.1, 0.15) is 0 Å². The van der Waals surface area contributed by atoms with Gasteiger partial charge in [-0.25, -0.2) is 8.78 Å². The minimum Gasteiger partial charge on any atom is -0.350 e. The number of hydrogen-bond acceptors (Lipinski definition) is 2. The van der Waals surface area contributed by atoms with E-state index in [1.165, 1.54) is 0 Å². The molecule has 1 rings (SSSR count). The second-order valence-electron chi connectivity index (χ2n) is 3.61. The van der Waals surface area contributed by atoms with Crippen molar-refractivity contribution in [1.82, 2.24) is 10.6 Å². The number of halogens is 5. The topological polar surface area (TPSA) is 41.1 Å². The van der Waals surface area contributed by atoms with Crippen LogP contribution in [-0.4, -0.2) is 38.1 Å². The van der Waals surface area contributed by atoms with Gasteiger partial charge in [0.2, 0.25) is 5.91 Å². The first kappa shape index (κ1) is 13.1. The monoisotopic (exact) mass is 246 g/mol. The SMILES string of the molecule is O=C(NCC(F)F)C1(C(F)(F)F)CCNC1. The first-order chi connectivity index (χ1) is 7.29. The van der Waals surface area contributed by atoms with Crippen molar-refractivity contribution >= 4 is 5.91 Å². The summed E-state index contributed by atoms with van der Waals surface area (Å²) >= 11 is 0. The van der Waals surface area contributed by atoms with Gasteiger partial charge in [0.25, 0.3) is 6.43 Å². The average Bonchev–Trinajstić information content (AvgIpc) is 2.62. The van der Waals surface area contributed by atoms with E-state index in [9.17, 15) is 26.7 Å². The van der Waals surface area contributed by atoms with Crippen LogP contribution in [0.5, 0.6) is 0 Å². The Kier molecular flexibility index (Phi) is 3.72. The maximum atomic E-state index is 12.7. The third-order valence-corrected chi connectivity index (χ3v) is 2.55. The van der Waals surface area contributed by atoms with Gasteiger partial charge in [-0.15, -0.1) is 0 Å². The Morgan fingerprint density at radius 1 is 1.44 bits per heavy atom. The highest BCUT2D eigenvalue weighted by Crippen LogP contribution is 2.43. The predicted octanol–water partition coefficient (Wildman–Crippen LogP) is 0.910. The Labute approximate surface area is 88.4 Å². The lowest BCUT2D eigenvalue weighted by Gasteiger charge is -2.29. The fourth-order valence-electron chi connectivity index (χ4n) is 1.60. The molecule has 3 nitrogen and oxygen atoms in total. The number of rotatable bonds is 3. The molecular formula is C8H11F5N2O. The van der Waals surface area contributed by atoms with E-state index in [2.05, 4.69) is 5.32 Å². The molecule has 0 radical (unpaired) electrons. The third kappa shape index (κ3) is 2.42. The molecule has 1 fully saturated rings. The predicted molar refractivity (Wildman–Crippen MR) is 45.0 cm³/mol. The van der Waals surface area contributed by atoms with Crippen molar-refractivity contribution in [3.63, 3.8) is 0 Å². The van der Waals surface area contributed by atoms with Crippen molar-refractivity contribution in [3.8, 4) is 0 Å². The fraction of sp³-hybridized carbons (Fsp3) is 0.875. The van der Waals surface area contributed by atoms with Crippen LogP contribution in [-0.2, 0) is 4.79 Å². The zero-order chi connectivity index (χ0) is 12.4. The molecule has 2 N–H and O–H groups in total. The summed E-state index contributed by atoms with van der Waals surface area (Å²) in [5, 5.41) is 4.04. The van der Waals surface area contributed by atoms with E-state index in [0.29, 0.717) is 0 Å². The second kappa shape index (κ2) is 4.52. The summed E-state index contributed by atoms with van der Waals surface area (Å²) in [5.74, 6) is -1.38. The maximum Gasteiger partial charge on any atom is 0.404 e. The van der Waals surface area contributed by atoms with Gasteiger partial charge in [0, 0.05) is 6.54 Å². The van der Waals surface area contributed by atoms with Crippen LogP contribution in [0.25, 0.3) is 0 Å². The summed E-state index contributed by atoms with van der Waals surface area (Å²) in [7, 11) is 0. The molecule has 8 heteroatoms. The van der Waals surface area contributed by atoms with Gasteiger partial charge in [0.15, 0.2) is 5.41 Å². The smallest absolute Gasteiger partial charge is 0.350 e.